The van der Waals surface area contributed by atoms with Crippen molar-refractivity contribution in [2.75, 3.05) is 0 Å². The van der Waals surface area contributed by atoms with E-state index in [9.17, 15) is 0 Å². The van der Waals surface area contributed by atoms with Crippen molar-refractivity contribution in [2.24, 2.45) is 11.8 Å². The number of aromatic nitrogens is 2. The lowest BCUT2D eigenvalue weighted by Crippen LogP contribution is -2.04. The van der Waals surface area contributed by atoms with Gasteiger partial charge in [-0.05, 0) is 91.1 Å². The maximum absolute atomic E-state index is 16.1. The molecule has 7 heterocycles. The SMILES string of the molecule is CCCCCCc1cc(-c2c3sc4cc(-c5c(F)c(F)cc6nsnc56)sc4c3c(-c3cc(CCCCCC)c(CC(CC)CCCC)s3)c3sc4ccsc4c23)sc1CC(CC)CCCC. The van der Waals surface area contributed by atoms with E-state index in [1.165, 1.54) is 170 Å². The molecule has 0 fully saturated rings. The summed E-state index contributed by atoms with van der Waals surface area (Å²) in [5, 5.41) is 4.98. The minimum atomic E-state index is -0.874. The highest BCUT2D eigenvalue weighted by atomic mass is 32.1. The Morgan fingerprint density at radius 3 is 1.64 bits per heavy atom. The van der Waals surface area contributed by atoms with Crippen LogP contribution in [0.4, 0.5) is 8.78 Å². The molecule has 2 aromatic carbocycles. The monoisotopic (exact) mass is 1030 g/mol. The smallest absolute Gasteiger partial charge is 0.169 e. The molecular weight excluding hydrogens is 963 g/mol. The lowest BCUT2D eigenvalue weighted by Gasteiger charge is -2.14. The largest absolute Gasteiger partial charge is 0.204 e. The van der Waals surface area contributed by atoms with Crippen molar-refractivity contribution in [3.05, 3.63) is 68.2 Å². The molecule has 0 spiro atoms. The highest BCUT2D eigenvalue weighted by Crippen LogP contribution is 2.59. The van der Waals surface area contributed by atoms with E-state index in [2.05, 4.69) is 103 Å². The lowest BCUT2D eigenvalue weighted by atomic mass is 9.92. The Morgan fingerprint density at radius 1 is 0.522 bits per heavy atom. The van der Waals surface area contributed by atoms with Crippen LogP contribution in [0.15, 0.2) is 35.7 Å². The molecule has 67 heavy (non-hydrogen) atoms. The third-order valence-corrected chi connectivity index (χ3v) is 21.9. The average molecular weight is 1030 g/mol. The molecule has 0 N–H and O–H groups in total. The van der Waals surface area contributed by atoms with Gasteiger partial charge in [-0.25, -0.2) is 8.78 Å². The van der Waals surface area contributed by atoms with Gasteiger partial charge in [0.25, 0.3) is 0 Å². The topological polar surface area (TPSA) is 25.8 Å². The molecule has 0 aliphatic heterocycles. The summed E-state index contributed by atoms with van der Waals surface area (Å²) in [6.45, 7) is 14.0. The van der Waals surface area contributed by atoms with Crippen LogP contribution < -0.4 is 0 Å². The number of nitrogens with zero attached hydrogens (tertiary/aromatic N) is 2. The average Bonchev–Trinajstić information content (AvgIpc) is 4.20. The van der Waals surface area contributed by atoms with Crippen molar-refractivity contribution in [1.82, 2.24) is 8.75 Å². The Hall–Kier alpha value is -2.64. The predicted molar refractivity (Wildman–Crippen MR) is 301 cm³/mol. The number of fused-ring (bicyclic) bond motifs is 7. The molecule has 0 aliphatic rings. The van der Waals surface area contributed by atoms with Crippen molar-refractivity contribution in [2.45, 2.75) is 170 Å². The van der Waals surface area contributed by atoms with Crippen LogP contribution in [0, 0.1) is 23.5 Å². The number of thiophene rings is 6. The number of hydrogen-bond acceptors (Lipinski definition) is 9. The molecule has 0 aliphatic carbocycles. The summed E-state index contributed by atoms with van der Waals surface area (Å²) in [5.74, 6) is -0.341. The minimum absolute atomic E-state index is 0.236. The first-order valence-corrected chi connectivity index (χ1v) is 31.2. The summed E-state index contributed by atoms with van der Waals surface area (Å²) in [7, 11) is 0. The summed E-state index contributed by atoms with van der Waals surface area (Å²) >= 11 is 12.5. The normalized spacial score (nSPS) is 13.3. The predicted octanol–water partition coefficient (Wildman–Crippen LogP) is 21.7. The van der Waals surface area contributed by atoms with Gasteiger partial charge in [-0.15, -0.1) is 68.0 Å². The second-order valence-electron chi connectivity index (χ2n) is 18.9. The molecular formula is C56H66F2N2S7. The third kappa shape index (κ3) is 10.1. The molecule has 7 aromatic heterocycles. The van der Waals surface area contributed by atoms with E-state index in [1.54, 1.807) is 26.7 Å². The summed E-state index contributed by atoms with van der Waals surface area (Å²) < 4.78 is 48.0. The standard InChI is InChI=1S/C56H66F2N2S7/c1-7-13-17-19-23-35-29-42(62-40(35)27-33(11-5)21-15-9-3)46-49-53-39(25-26-61-53)64-55(49)47(43-30-36(24-20-18-14-8-2)41(63-43)28-34(12-6)22-16-10-4)50-54-45(66-56(46)50)32-44(65-54)48-51(58)37(57)31-38-52(48)60-67-59-38/h25-26,29-34H,7-24,27-28H2,1-6H3. The van der Waals surface area contributed by atoms with Crippen LogP contribution in [-0.2, 0) is 25.7 Å². The summed E-state index contributed by atoms with van der Waals surface area (Å²) in [4.78, 5) is 6.63. The van der Waals surface area contributed by atoms with Gasteiger partial charge in [-0.2, -0.15) is 8.75 Å². The molecule has 2 unspecified atom stereocenters. The number of halogens is 2. The fourth-order valence-corrected chi connectivity index (χ4v) is 18.9. The van der Waals surface area contributed by atoms with Gasteiger partial charge in [0.2, 0.25) is 0 Å². The van der Waals surface area contributed by atoms with Crippen LogP contribution in [0.1, 0.15) is 165 Å². The maximum atomic E-state index is 16.1. The van der Waals surface area contributed by atoms with Crippen molar-refractivity contribution >= 4 is 130 Å². The van der Waals surface area contributed by atoms with Crippen LogP contribution in [0.2, 0.25) is 0 Å². The number of benzene rings is 2. The molecule has 2 nitrogen and oxygen atoms in total. The highest BCUT2D eigenvalue weighted by molar-refractivity contribution is 7.36. The Kier molecular flexibility index (Phi) is 16.7. The number of rotatable bonds is 25. The molecule has 0 amide bonds. The van der Waals surface area contributed by atoms with E-state index < -0.39 is 11.6 Å². The van der Waals surface area contributed by atoms with Crippen LogP contribution >= 0.6 is 79.7 Å². The fraction of sp³-hybridized carbons (Fsp3) is 0.500. The molecule has 9 aromatic rings. The Morgan fingerprint density at radius 2 is 1.07 bits per heavy atom. The Balaban J connectivity index is 1.32. The summed E-state index contributed by atoms with van der Waals surface area (Å²) in [6.07, 6.45) is 24.6. The summed E-state index contributed by atoms with van der Waals surface area (Å²) in [6, 6.07) is 10.8. The maximum Gasteiger partial charge on any atom is 0.169 e. The van der Waals surface area contributed by atoms with Gasteiger partial charge >= 0.3 is 0 Å². The fourth-order valence-electron chi connectivity index (χ4n) is 10.3. The van der Waals surface area contributed by atoms with Crippen molar-refractivity contribution in [3.63, 3.8) is 0 Å². The number of hydrogen-bond donors (Lipinski definition) is 0. The molecule has 2 atom stereocenters. The van der Waals surface area contributed by atoms with Crippen LogP contribution in [0.25, 0.3) is 81.3 Å². The molecule has 0 bridgehead atoms. The third-order valence-electron chi connectivity index (χ3n) is 14.2. The van der Waals surface area contributed by atoms with E-state index >= 15 is 8.78 Å². The van der Waals surface area contributed by atoms with Crippen LogP contribution in [-0.4, -0.2) is 8.75 Å². The van der Waals surface area contributed by atoms with E-state index in [0.29, 0.717) is 27.7 Å². The van der Waals surface area contributed by atoms with Crippen molar-refractivity contribution < 1.29 is 8.78 Å². The summed E-state index contributed by atoms with van der Waals surface area (Å²) in [5.41, 5.74) is 6.91. The molecule has 0 saturated heterocycles. The van der Waals surface area contributed by atoms with E-state index in [-0.39, 0.29) is 5.56 Å². The Labute approximate surface area is 425 Å². The first-order chi connectivity index (χ1) is 32.8. The quantitative estimate of drug-likeness (QED) is 0.0533. The first kappa shape index (κ1) is 49.3. The van der Waals surface area contributed by atoms with Gasteiger partial charge in [0.15, 0.2) is 11.6 Å². The zero-order valence-corrected chi connectivity index (χ0v) is 46.0. The zero-order valence-electron chi connectivity index (χ0n) is 40.3. The van der Waals surface area contributed by atoms with Gasteiger partial charge in [0.05, 0.1) is 26.7 Å². The highest BCUT2D eigenvalue weighted by Gasteiger charge is 2.30. The molecule has 0 saturated carbocycles. The van der Waals surface area contributed by atoms with Crippen molar-refractivity contribution in [1.29, 1.82) is 0 Å². The van der Waals surface area contributed by atoms with Crippen LogP contribution in [0.5, 0.6) is 0 Å². The van der Waals surface area contributed by atoms with Crippen LogP contribution in [0.3, 0.4) is 0 Å². The van der Waals surface area contributed by atoms with Gasteiger partial charge in [0, 0.05) is 71.2 Å². The second-order valence-corrected chi connectivity index (χ2v) is 25.8. The molecule has 0 radical (unpaired) electrons. The van der Waals surface area contributed by atoms with E-state index in [0.717, 1.165) is 42.1 Å². The first-order valence-electron chi connectivity index (χ1n) is 25.5. The number of aryl methyl sites for hydroxylation is 2. The molecule has 9 rings (SSSR count). The zero-order chi connectivity index (χ0) is 46.6. The molecule has 356 valence electrons. The molecule has 11 heteroatoms. The van der Waals surface area contributed by atoms with Gasteiger partial charge in [-0.3, -0.25) is 0 Å². The lowest BCUT2D eigenvalue weighted by molar-refractivity contribution is 0.450. The second kappa shape index (κ2) is 22.6. The van der Waals surface area contributed by atoms with Gasteiger partial charge in [0.1, 0.15) is 11.0 Å². The van der Waals surface area contributed by atoms with Gasteiger partial charge < -0.3 is 0 Å². The number of unbranched alkanes of at least 4 members (excludes halogenated alkanes) is 8. The van der Waals surface area contributed by atoms with Gasteiger partial charge in [-0.1, -0.05) is 131 Å². The van der Waals surface area contributed by atoms with Crippen molar-refractivity contribution in [3.8, 4) is 31.3 Å². The Bertz CT molecular complexity index is 3080. The van der Waals surface area contributed by atoms with E-state index in [1.807, 2.05) is 34.0 Å². The minimum Gasteiger partial charge on any atom is -0.204 e. The van der Waals surface area contributed by atoms with E-state index in [4.69, 9.17) is 0 Å².